The summed E-state index contributed by atoms with van der Waals surface area (Å²) in [6.45, 7) is 8.78. The number of nitrogens with zero attached hydrogens (tertiary/aromatic N) is 1. The van der Waals surface area contributed by atoms with E-state index in [9.17, 15) is 17.6 Å². The van der Waals surface area contributed by atoms with E-state index in [1.54, 1.807) is 18.2 Å². The SMILES string of the molecule is C=CC(CC)OCC(=NO)c1cccc(F)c1F.CC[C@H]1OCC2(c3cccc(F)c3F)COC[C@H]12. The first-order valence-corrected chi connectivity index (χ1v) is 11.9. The predicted molar refractivity (Wildman–Crippen MR) is 127 cm³/mol. The molecule has 4 rings (SSSR count). The van der Waals surface area contributed by atoms with Crippen molar-refractivity contribution in [2.45, 2.75) is 44.3 Å². The summed E-state index contributed by atoms with van der Waals surface area (Å²) in [6, 6.07) is 8.01. The molecule has 1 N–H and O–H groups in total. The van der Waals surface area contributed by atoms with Gasteiger partial charge < -0.3 is 19.4 Å². The first kappa shape index (κ1) is 27.8. The van der Waals surface area contributed by atoms with E-state index in [1.807, 2.05) is 13.8 Å². The third kappa shape index (κ3) is 5.63. The van der Waals surface area contributed by atoms with Crippen LogP contribution < -0.4 is 0 Å². The summed E-state index contributed by atoms with van der Waals surface area (Å²) >= 11 is 0. The third-order valence-corrected chi connectivity index (χ3v) is 6.74. The third-order valence-electron chi connectivity index (χ3n) is 6.74. The molecule has 2 unspecified atom stereocenters. The Balaban J connectivity index is 0.000000201. The van der Waals surface area contributed by atoms with Crippen LogP contribution in [0.5, 0.6) is 0 Å². The largest absolute Gasteiger partial charge is 0.411 e. The maximum absolute atomic E-state index is 14.0. The molecule has 4 atom stereocenters. The van der Waals surface area contributed by atoms with Crippen molar-refractivity contribution in [2.75, 3.05) is 26.4 Å². The van der Waals surface area contributed by atoms with E-state index in [4.69, 9.17) is 19.4 Å². The lowest BCUT2D eigenvalue weighted by Crippen LogP contribution is -2.36. The van der Waals surface area contributed by atoms with E-state index in [0.29, 0.717) is 31.8 Å². The first-order chi connectivity index (χ1) is 17.3. The summed E-state index contributed by atoms with van der Waals surface area (Å²) in [7, 11) is 0. The van der Waals surface area contributed by atoms with Crippen LogP contribution >= 0.6 is 0 Å². The quantitative estimate of drug-likeness (QED) is 0.161. The molecule has 2 fully saturated rings. The standard InChI is InChI=1S/C14H16F2O2.C13H15F2NO2/c1-2-12-10-6-17-7-14(10,8-18-12)9-4-3-5-11(15)13(9)16;1-3-9(4-2)18-8-12(16-17)10-6-5-7-11(14)13(10)15/h3-5,10,12H,2,6-8H2,1H3;3,5-7,9,17H,1,4,8H2,2H3/t10-,12-,14?;/m1./s1. The zero-order chi connectivity index (χ0) is 26.3. The van der Waals surface area contributed by atoms with Gasteiger partial charge in [0.2, 0.25) is 0 Å². The van der Waals surface area contributed by atoms with Gasteiger partial charge in [-0.3, -0.25) is 0 Å². The lowest BCUT2D eigenvalue weighted by Gasteiger charge is -2.27. The zero-order valence-electron chi connectivity index (χ0n) is 20.4. The predicted octanol–water partition coefficient (Wildman–Crippen LogP) is 5.78. The summed E-state index contributed by atoms with van der Waals surface area (Å²) in [6.07, 6.45) is 3.01. The second kappa shape index (κ2) is 12.5. The van der Waals surface area contributed by atoms with Crippen LogP contribution in [0.4, 0.5) is 17.6 Å². The van der Waals surface area contributed by atoms with Crippen LogP contribution in [-0.2, 0) is 19.6 Å². The van der Waals surface area contributed by atoms with Crippen LogP contribution in [0.3, 0.4) is 0 Å². The molecule has 2 aromatic rings. The molecule has 2 aromatic carbocycles. The molecule has 2 aliphatic heterocycles. The molecule has 2 aliphatic rings. The highest BCUT2D eigenvalue weighted by molar-refractivity contribution is 6.01. The van der Waals surface area contributed by atoms with Gasteiger partial charge in [0.1, 0.15) is 5.71 Å². The van der Waals surface area contributed by atoms with Gasteiger partial charge in [0.25, 0.3) is 0 Å². The molecule has 2 saturated heterocycles. The number of hydrogen-bond acceptors (Lipinski definition) is 5. The van der Waals surface area contributed by atoms with Gasteiger partial charge in [0, 0.05) is 17.0 Å². The number of hydrogen-bond donors (Lipinski definition) is 1. The van der Waals surface area contributed by atoms with E-state index in [-0.39, 0.29) is 36.0 Å². The number of rotatable bonds is 8. The van der Waals surface area contributed by atoms with Crippen molar-refractivity contribution in [2.24, 2.45) is 11.1 Å². The van der Waals surface area contributed by atoms with Crippen LogP contribution in [0, 0.1) is 29.2 Å². The minimum Gasteiger partial charge on any atom is -0.411 e. The van der Waals surface area contributed by atoms with Gasteiger partial charge in [-0.05, 0) is 31.0 Å². The Bertz CT molecular complexity index is 1080. The Kier molecular flexibility index (Phi) is 9.64. The topological polar surface area (TPSA) is 60.3 Å². The van der Waals surface area contributed by atoms with Gasteiger partial charge >= 0.3 is 0 Å². The summed E-state index contributed by atoms with van der Waals surface area (Å²) in [5.74, 6) is -3.48. The van der Waals surface area contributed by atoms with Crippen LogP contribution in [0.1, 0.15) is 37.8 Å². The van der Waals surface area contributed by atoms with Crippen molar-refractivity contribution in [1.82, 2.24) is 0 Å². The Hall–Kier alpha value is -2.75. The maximum Gasteiger partial charge on any atom is 0.168 e. The highest BCUT2D eigenvalue weighted by Crippen LogP contribution is 2.47. The highest BCUT2D eigenvalue weighted by Gasteiger charge is 2.55. The molecule has 0 saturated carbocycles. The fourth-order valence-corrected chi connectivity index (χ4v) is 4.69. The highest BCUT2D eigenvalue weighted by atomic mass is 19.2. The Labute approximate surface area is 208 Å². The monoisotopic (exact) mass is 509 g/mol. The van der Waals surface area contributed by atoms with Crippen molar-refractivity contribution in [1.29, 1.82) is 0 Å². The van der Waals surface area contributed by atoms with E-state index in [2.05, 4.69) is 11.7 Å². The van der Waals surface area contributed by atoms with Crippen molar-refractivity contribution in [3.8, 4) is 0 Å². The maximum atomic E-state index is 14.0. The fourth-order valence-electron chi connectivity index (χ4n) is 4.69. The Morgan fingerprint density at radius 2 is 1.83 bits per heavy atom. The minimum atomic E-state index is -1.06. The Morgan fingerprint density at radius 1 is 1.14 bits per heavy atom. The summed E-state index contributed by atoms with van der Waals surface area (Å²) in [5, 5.41) is 11.8. The molecule has 36 heavy (non-hydrogen) atoms. The minimum absolute atomic E-state index is 0.0627. The van der Waals surface area contributed by atoms with Gasteiger partial charge in [-0.25, -0.2) is 17.6 Å². The van der Waals surface area contributed by atoms with Crippen molar-refractivity contribution in [3.63, 3.8) is 0 Å². The smallest absolute Gasteiger partial charge is 0.168 e. The van der Waals surface area contributed by atoms with E-state index in [1.165, 1.54) is 12.1 Å². The molecule has 2 heterocycles. The number of oxime groups is 1. The van der Waals surface area contributed by atoms with Crippen LogP contribution in [0.15, 0.2) is 54.2 Å². The number of halogens is 4. The van der Waals surface area contributed by atoms with Gasteiger partial charge in [-0.2, -0.15) is 0 Å². The van der Waals surface area contributed by atoms with Crippen LogP contribution in [-0.4, -0.2) is 49.6 Å². The van der Waals surface area contributed by atoms with E-state index < -0.39 is 28.7 Å². The molecule has 0 bridgehead atoms. The number of fused-ring (bicyclic) bond motifs is 1. The summed E-state index contributed by atoms with van der Waals surface area (Å²) in [4.78, 5) is 0. The molecule has 0 aromatic heterocycles. The molecule has 0 spiro atoms. The summed E-state index contributed by atoms with van der Waals surface area (Å²) < 4.78 is 70.6. The fraction of sp³-hybridized carbons (Fsp3) is 0.444. The van der Waals surface area contributed by atoms with E-state index in [0.717, 1.165) is 18.6 Å². The molecule has 0 aliphatic carbocycles. The Morgan fingerprint density at radius 3 is 2.47 bits per heavy atom. The molecule has 196 valence electrons. The number of benzene rings is 2. The molecule has 9 heteroatoms. The molecular formula is C27H31F4NO4. The molecule has 5 nitrogen and oxygen atoms in total. The lowest BCUT2D eigenvalue weighted by atomic mass is 9.72. The van der Waals surface area contributed by atoms with Gasteiger partial charge in [0.05, 0.1) is 44.1 Å². The van der Waals surface area contributed by atoms with Crippen LogP contribution in [0.2, 0.25) is 0 Å². The average Bonchev–Trinajstić information content (AvgIpc) is 3.46. The average molecular weight is 510 g/mol. The molecule has 0 amide bonds. The first-order valence-electron chi connectivity index (χ1n) is 11.9. The lowest BCUT2D eigenvalue weighted by molar-refractivity contribution is 0.0461. The second-order valence-corrected chi connectivity index (χ2v) is 8.78. The number of ether oxygens (including phenoxy) is 3. The van der Waals surface area contributed by atoms with Gasteiger partial charge in [-0.15, -0.1) is 6.58 Å². The molecule has 0 radical (unpaired) electrons. The van der Waals surface area contributed by atoms with Crippen molar-refractivity contribution >= 4 is 5.71 Å². The summed E-state index contributed by atoms with van der Waals surface area (Å²) in [5.41, 5.74) is -0.281. The zero-order valence-corrected chi connectivity index (χ0v) is 20.4. The van der Waals surface area contributed by atoms with Crippen molar-refractivity contribution in [3.05, 3.63) is 83.4 Å². The normalized spacial score (nSPS) is 24.1. The van der Waals surface area contributed by atoms with Gasteiger partial charge in [-0.1, -0.05) is 43.3 Å². The van der Waals surface area contributed by atoms with E-state index >= 15 is 0 Å². The van der Waals surface area contributed by atoms with Crippen LogP contribution in [0.25, 0.3) is 0 Å². The van der Waals surface area contributed by atoms with Crippen molar-refractivity contribution < 1.29 is 37.0 Å². The molecular weight excluding hydrogens is 478 g/mol. The second-order valence-electron chi connectivity index (χ2n) is 8.78. The van der Waals surface area contributed by atoms with Gasteiger partial charge in [0.15, 0.2) is 23.3 Å².